The first kappa shape index (κ1) is 23.4. The Kier molecular flexibility index (Phi) is 9.02. The van der Waals surface area contributed by atoms with Crippen LogP contribution in [0.15, 0.2) is 29.3 Å². The van der Waals surface area contributed by atoms with E-state index in [0.717, 1.165) is 58.4 Å². The third-order valence-electron chi connectivity index (χ3n) is 5.78. The molecule has 1 N–H and O–H groups in total. The molecule has 2 saturated heterocycles. The van der Waals surface area contributed by atoms with Crippen LogP contribution in [0.4, 0.5) is 0 Å². The smallest absolute Gasteiger partial charge is 0.193 e. The van der Waals surface area contributed by atoms with Crippen LogP contribution in [0.25, 0.3) is 0 Å². The first-order chi connectivity index (χ1) is 13.0. The van der Waals surface area contributed by atoms with Crippen LogP contribution in [0.1, 0.15) is 38.3 Å². The van der Waals surface area contributed by atoms with Gasteiger partial charge in [0.2, 0.25) is 0 Å². The molecule has 1 aromatic rings. The van der Waals surface area contributed by atoms with Crippen molar-refractivity contribution < 1.29 is 4.74 Å². The normalized spacial score (nSPS) is 21.5. The van der Waals surface area contributed by atoms with Crippen molar-refractivity contribution >= 4 is 29.9 Å². The summed E-state index contributed by atoms with van der Waals surface area (Å²) in [5.74, 6) is 1.06. The lowest BCUT2D eigenvalue weighted by molar-refractivity contribution is 0.0195. The van der Waals surface area contributed by atoms with Gasteiger partial charge < -0.3 is 15.0 Å². The molecular weight excluding hydrogens is 463 g/mol. The third kappa shape index (κ3) is 6.07. The fourth-order valence-corrected chi connectivity index (χ4v) is 4.03. The zero-order chi connectivity index (χ0) is 19.3. The number of nitrogens with zero attached hydrogens (tertiary/aromatic N) is 3. The van der Waals surface area contributed by atoms with Crippen molar-refractivity contribution in [3.05, 3.63) is 35.4 Å². The topological polar surface area (TPSA) is 40.1 Å². The number of nitrogens with one attached hydrogen (secondary N) is 1. The Labute approximate surface area is 187 Å². The monoisotopic (exact) mass is 500 g/mol. The van der Waals surface area contributed by atoms with Gasteiger partial charge in [-0.05, 0) is 25.8 Å². The van der Waals surface area contributed by atoms with E-state index in [2.05, 4.69) is 67.1 Å². The number of aliphatic imine (C=N–C) groups is 1. The molecule has 0 spiro atoms. The molecule has 0 amide bonds. The number of ether oxygens (including phenoxy) is 1. The predicted octanol–water partition coefficient (Wildman–Crippen LogP) is 3.26. The molecule has 2 aliphatic heterocycles. The number of aryl methyl sites for hydroxylation is 1. The Morgan fingerprint density at radius 1 is 1.25 bits per heavy atom. The van der Waals surface area contributed by atoms with Crippen molar-refractivity contribution in [3.63, 3.8) is 0 Å². The fraction of sp³-hybridized carbons (Fsp3) is 0.682. The van der Waals surface area contributed by atoms with Gasteiger partial charge in [-0.3, -0.25) is 9.89 Å². The zero-order valence-electron chi connectivity index (χ0n) is 17.9. The minimum absolute atomic E-state index is 0. The number of hydrogen-bond donors (Lipinski definition) is 1. The molecule has 1 unspecified atom stereocenters. The zero-order valence-corrected chi connectivity index (χ0v) is 20.2. The van der Waals surface area contributed by atoms with Crippen LogP contribution in [0, 0.1) is 6.92 Å². The number of morpholine rings is 1. The van der Waals surface area contributed by atoms with Crippen molar-refractivity contribution in [3.8, 4) is 0 Å². The van der Waals surface area contributed by atoms with E-state index in [-0.39, 0.29) is 29.4 Å². The molecule has 0 aromatic heterocycles. The lowest BCUT2D eigenvalue weighted by atomic mass is 9.84. The van der Waals surface area contributed by atoms with Crippen LogP contribution in [-0.2, 0) is 10.2 Å². The van der Waals surface area contributed by atoms with Gasteiger partial charge in [0.05, 0.1) is 19.8 Å². The highest BCUT2D eigenvalue weighted by Gasteiger charge is 2.30. The number of guanidine groups is 1. The second kappa shape index (κ2) is 10.8. The van der Waals surface area contributed by atoms with E-state index in [1.54, 1.807) is 0 Å². The van der Waals surface area contributed by atoms with Gasteiger partial charge in [0.15, 0.2) is 5.96 Å². The van der Waals surface area contributed by atoms with Crippen LogP contribution in [0.5, 0.6) is 0 Å². The van der Waals surface area contributed by atoms with Gasteiger partial charge in [-0.1, -0.05) is 43.7 Å². The van der Waals surface area contributed by atoms with E-state index in [4.69, 9.17) is 9.73 Å². The Bertz CT molecular complexity index is 643. The second-order valence-electron chi connectivity index (χ2n) is 8.46. The highest BCUT2D eigenvalue weighted by Crippen LogP contribution is 2.25. The summed E-state index contributed by atoms with van der Waals surface area (Å²) in [5.41, 5.74) is 2.69. The highest BCUT2D eigenvalue weighted by atomic mass is 127. The number of halogens is 1. The minimum Gasteiger partial charge on any atom is -0.379 e. The van der Waals surface area contributed by atoms with Gasteiger partial charge in [-0.25, -0.2) is 0 Å². The molecule has 158 valence electrons. The summed E-state index contributed by atoms with van der Waals surface area (Å²) < 4.78 is 5.51. The number of likely N-dealkylation sites (tertiary alicyclic amines) is 1. The summed E-state index contributed by atoms with van der Waals surface area (Å²) in [5, 5.41) is 3.52. The summed E-state index contributed by atoms with van der Waals surface area (Å²) in [6, 6.07) is 9.44. The van der Waals surface area contributed by atoms with Crippen molar-refractivity contribution in [2.45, 2.75) is 45.6 Å². The summed E-state index contributed by atoms with van der Waals surface area (Å²) >= 11 is 0. The largest absolute Gasteiger partial charge is 0.379 e. The van der Waals surface area contributed by atoms with E-state index in [1.165, 1.54) is 17.5 Å². The SMILES string of the molecule is CCNC(=NCC(C)(C)c1cccc(C)c1)N1CCC(N2CCOCC2)C1.I. The van der Waals surface area contributed by atoms with Gasteiger partial charge in [0.1, 0.15) is 0 Å². The fourth-order valence-electron chi connectivity index (χ4n) is 4.03. The Balaban J connectivity index is 0.00000280. The molecule has 2 heterocycles. The minimum atomic E-state index is 0. The van der Waals surface area contributed by atoms with Crippen molar-refractivity contribution in [2.24, 2.45) is 4.99 Å². The number of rotatable bonds is 5. The van der Waals surface area contributed by atoms with Crippen molar-refractivity contribution in [1.29, 1.82) is 0 Å². The molecule has 1 atom stereocenters. The Morgan fingerprint density at radius 3 is 2.68 bits per heavy atom. The Morgan fingerprint density at radius 2 is 2.00 bits per heavy atom. The summed E-state index contributed by atoms with van der Waals surface area (Å²) in [7, 11) is 0. The molecule has 5 nitrogen and oxygen atoms in total. The van der Waals surface area contributed by atoms with E-state index < -0.39 is 0 Å². The van der Waals surface area contributed by atoms with Crippen molar-refractivity contribution in [1.82, 2.24) is 15.1 Å². The van der Waals surface area contributed by atoms with Crippen LogP contribution in [-0.4, -0.2) is 74.3 Å². The second-order valence-corrected chi connectivity index (χ2v) is 8.46. The van der Waals surface area contributed by atoms with E-state index >= 15 is 0 Å². The Hall–Kier alpha value is -0.860. The molecule has 0 aliphatic carbocycles. The molecule has 28 heavy (non-hydrogen) atoms. The molecule has 3 rings (SSSR count). The molecule has 2 aliphatic rings. The maximum Gasteiger partial charge on any atom is 0.193 e. The lowest BCUT2D eigenvalue weighted by Gasteiger charge is -2.32. The van der Waals surface area contributed by atoms with Gasteiger partial charge in [-0.15, -0.1) is 24.0 Å². The van der Waals surface area contributed by atoms with E-state index in [0.29, 0.717) is 6.04 Å². The van der Waals surface area contributed by atoms with Crippen LogP contribution >= 0.6 is 24.0 Å². The predicted molar refractivity (Wildman–Crippen MR) is 128 cm³/mol. The van der Waals surface area contributed by atoms with Gasteiger partial charge in [0, 0.05) is 44.2 Å². The van der Waals surface area contributed by atoms with Crippen LogP contribution in [0.2, 0.25) is 0 Å². The maximum absolute atomic E-state index is 5.51. The number of hydrogen-bond acceptors (Lipinski definition) is 3. The van der Waals surface area contributed by atoms with Gasteiger partial charge >= 0.3 is 0 Å². The van der Waals surface area contributed by atoms with E-state index in [9.17, 15) is 0 Å². The highest BCUT2D eigenvalue weighted by molar-refractivity contribution is 14.0. The van der Waals surface area contributed by atoms with Crippen molar-refractivity contribution in [2.75, 3.05) is 52.5 Å². The third-order valence-corrected chi connectivity index (χ3v) is 5.78. The van der Waals surface area contributed by atoms with Gasteiger partial charge in [-0.2, -0.15) is 0 Å². The average Bonchev–Trinajstić information content (AvgIpc) is 3.16. The summed E-state index contributed by atoms with van der Waals surface area (Å²) in [6.45, 7) is 16.6. The first-order valence-electron chi connectivity index (χ1n) is 10.4. The summed E-state index contributed by atoms with van der Waals surface area (Å²) in [6.07, 6.45) is 1.21. The molecule has 2 fully saturated rings. The molecule has 0 saturated carbocycles. The quantitative estimate of drug-likeness (QED) is 0.383. The average molecular weight is 500 g/mol. The van der Waals surface area contributed by atoms with Gasteiger partial charge in [0.25, 0.3) is 0 Å². The standard InChI is InChI=1S/C22H36N4O.HI/c1-5-23-21(24-17-22(3,4)19-8-6-7-18(2)15-19)26-10-9-20(16-26)25-11-13-27-14-12-25;/h6-8,15,20H,5,9-14,16-17H2,1-4H3,(H,23,24);1H. The number of benzene rings is 1. The maximum atomic E-state index is 5.51. The summed E-state index contributed by atoms with van der Waals surface area (Å²) in [4.78, 5) is 10.1. The first-order valence-corrected chi connectivity index (χ1v) is 10.4. The van der Waals surface area contributed by atoms with Crippen LogP contribution < -0.4 is 5.32 Å². The van der Waals surface area contributed by atoms with Crippen LogP contribution in [0.3, 0.4) is 0 Å². The molecule has 0 bridgehead atoms. The molecule has 6 heteroatoms. The molecule has 1 aromatic carbocycles. The molecule has 0 radical (unpaired) electrons. The molecular formula is C22H37IN4O. The van der Waals surface area contributed by atoms with E-state index in [1.807, 2.05) is 0 Å². The lowest BCUT2D eigenvalue weighted by Crippen LogP contribution is -2.47.